The van der Waals surface area contributed by atoms with Crippen molar-refractivity contribution >= 4 is 11.6 Å². The summed E-state index contributed by atoms with van der Waals surface area (Å²) in [6.07, 6.45) is 0.889. The van der Waals surface area contributed by atoms with E-state index in [4.69, 9.17) is 11.6 Å². The van der Waals surface area contributed by atoms with Crippen LogP contribution in [-0.2, 0) is 6.42 Å². The van der Waals surface area contributed by atoms with Gasteiger partial charge in [-0.1, -0.05) is 48.0 Å². The molecular formula is C17H19Cl. The highest BCUT2D eigenvalue weighted by molar-refractivity contribution is 6.21. The summed E-state index contributed by atoms with van der Waals surface area (Å²) in [6, 6.07) is 14.9. The summed E-state index contributed by atoms with van der Waals surface area (Å²) in [5.41, 5.74) is 6.46. The van der Waals surface area contributed by atoms with E-state index in [1.54, 1.807) is 0 Å². The molecule has 0 spiro atoms. The molecule has 1 heteroatoms. The average Bonchev–Trinajstić information content (AvgIpc) is 2.34. The quantitative estimate of drug-likeness (QED) is 0.669. The topological polar surface area (TPSA) is 0 Å². The van der Waals surface area contributed by atoms with Gasteiger partial charge in [-0.05, 0) is 49.4 Å². The van der Waals surface area contributed by atoms with E-state index >= 15 is 0 Å². The molecule has 0 amide bonds. The van der Waals surface area contributed by atoms with Crippen LogP contribution in [-0.4, -0.2) is 0 Å². The lowest BCUT2D eigenvalue weighted by atomic mass is 9.96. The molecule has 1 unspecified atom stereocenters. The molecule has 18 heavy (non-hydrogen) atoms. The molecule has 2 aromatic rings. The van der Waals surface area contributed by atoms with Gasteiger partial charge in [0.2, 0.25) is 0 Å². The minimum Gasteiger partial charge on any atom is -0.117 e. The summed E-state index contributed by atoms with van der Waals surface area (Å²) in [4.78, 5) is 0. The minimum absolute atomic E-state index is 0.0479. The van der Waals surface area contributed by atoms with E-state index in [0.717, 1.165) is 6.42 Å². The number of hydrogen-bond acceptors (Lipinski definition) is 0. The highest BCUT2D eigenvalue weighted by Crippen LogP contribution is 2.28. The molecule has 2 aromatic carbocycles. The molecule has 0 radical (unpaired) electrons. The van der Waals surface area contributed by atoms with Crippen LogP contribution >= 0.6 is 11.6 Å². The predicted octanol–water partition coefficient (Wildman–Crippen LogP) is 5.13. The molecular weight excluding hydrogens is 240 g/mol. The first-order valence-electron chi connectivity index (χ1n) is 6.33. The van der Waals surface area contributed by atoms with Crippen LogP contribution in [0, 0.1) is 20.8 Å². The molecule has 2 rings (SSSR count). The average molecular weight is 259 g/mol. The van der Waals surface area contributed by atoms with Crippen LogP contribution in [0.5, 0.6) is 0 Å². The van der Waals surface area contributed by atoms with Gasteiger partial charge in [-0.2, -0.15) is 0 Å². The maximum absolute atomic E-state index is 6.57. The molecule has 0 bridgehead atoms. The van der Waals surface area contributed by atoms with E-state index < -0.39 is 0 Å². The third-order valence-corrected chi connectivity index (χ3v) is 3.82. The van der Waals surface area contributed by atoms with Gasteiger partial charge in [0.15, 0.2) is 0 Å². The van der Waals surface area contributed by atoms with Crippen molar-refractivity contribution in [3.8, 4) is 0 Å². The Balaban J connectivity index is 2.24. The zero-order chi connectivity index (χ0) is 13.1. The Labute approximate surface area is 115 Å². The van der Waals surface area contributed by atoms with Crippen molar-refractivity contribution in [2.24, 2.45) is 0 Å². The van der Waals surface area contributed by atoms with E-state index in [1.807, 2.05) is 0 Å². The lowest BCUT2D eigenvalue weighted by Crippen LogP contribution is -2.00. The molecule has 0 aromatic heterocycles. The SMILES string of the molecule is Cc1ccc(C)c(CC(Cl)c2ccccc2C)c1. The summed E-state index contributed by atoms with van der Waals surface area (Å²) in [6.45, 7) is 6.39. The van der Waals surface area contributed by atoms with Gasteiger partial charge in [0.25, 0.3) is 0 Å². The number of rotatable bonds is 3. The maximum atomic E-state index is 6.57. The lowest BCUT2D eigenvalue weighted by molar-refractivity contribution is 0.900. The van der Waals surface area contributed by atoms with Gasteiger partial charge >= 0.3 is 0 Å². The van der Waals surface area contributed by atoms with Crippen LogP contribution in [0.2, 0.25) is 0 Å². The summed E-state index contributed by atoms with van der Waals surface area (Å²) in [5, 5.41) is 0.0479. The molecule has 0 aliphatic rings. The van der Waals surface area contributed by atoms with E-state index in [9.17, 15) is 0 Å². The Bertz CT molecular complexity index is 543. The molecule has 0 N–H and O–H groups in total. The predicted molar refractivity (Wildman–Crippen MR) is 79.4 cm³/mol. The Morgan fingerprint density at radius 1 is 0.944 bits per heavy atom. The zero-order valence-corrected chi connectivity index (χ0v) is 12.0. The Morgan fingerprint density at radius 2 is 1.67 bits per heavy atom. The number of halogens is 1. The van der Waals surface area contributed by atoms with Crippen LogP contribution in [0.1, 0.15) is 33.2 Å². The number of alkyl halides is 1. The van der Waals surface area contributed by atoms with Crippen LogP contribution in [0.25, 0.3) is 0 Å². The molecule has 0 saturated carbocycles. The summed E-state index contributed by atoms with van der Waals surface area (Å²) in [7, 11) is 0. The second-order valence-corrected chi connectivity index (χ2v) is 5.49. The van der Waals surface area contributed by atoms with Crippen molar-refractivity contribution in [1.29, 1.82) is 0 Å². The Hall–Kier alpha value is -1.27. The smallest absolute Gasteiger partial charge is 0.0628 e. The normalized spacial score (nSPS) is 12.4. The largest absolute Gasteiger partial charge is 0.117 e. The third-order valence-electron chi connectivity index (χ3n) is 3.43. The summed E-state index contributed by atoms with van der Waals surface area (Å²) in [5.74, 6) is 0. The molecule has 0 aliphatic carbocycles. The Kier molecular flexibility index (Phi) is 4.08. The van der Waals surface area contributed by atoms with Gasteiger partial charge in [-0.15, -0.1) is 11.6 Å². The number of aryl methyl sites for hydroxylation is 3. The standard InChI is InChI=1S/C17H19Cl/c1-12-8-9-13(2)15(10-12)11-17(18)16-7-5-4-6-14(16)3/h4-10,17H,11H2,1-3H3. The van der Waals surface area contributed by atoms with Gasteiger partial charge < -0.3 is 0 Å². The van der Waals surface area contributed by atoms with E-state index in [-0.39, 0.29) is 5.38 Å². The van der Waals surface area contributed by atoms with Crippen molar-refractivity contribution in [2.75, 3.05) is 0 Å². The second-order valence-electron chi connectivity index (χ2n) is 4.96. The molecule has 0 aliphatic heterocycles. The molecule has 0 heterocycles. The summed E-state index contributed by atoms with van der Waals surface area (Å²) >= 11 is 6.57. The van der Waals surface area contributed by atoms with Crippen LogP contribution in [0.15, 0.2) is 42.5 Å². The molecule has 0 saturated heterocycles. The van der Waals surface area contributed by atoms with E-state index in [1.165, 1.54) is 27.8 Å². The minimum atomic E-state index is 0.0479. The second kappa shape index (κ2) is 5.58. The van der Waals surface area contributed by atoms with Crippen molar-refractivity contribution in [2.45, 2.75) is 32.6 Å². The zero-order valence-electron chi connectivity index (χ0n) is 11.2. The third kappa shape index (κ3) is 2.94. The van der Waals surface area contributed by atoms with Crippen molar-refractivity contribution in [1.82, 2.24) is 0 Å². The fourth-order valence-corrected chi connectivity index (χ4v) is 2.67. The van der Waals surface area contributed by atoms with Gasteiger partial charge in [0.05, 0.1) is 5.38 Å². The number of hydrogen-bond donors (Lipinski definition) is 0. The molecule has 1 atom stereocenters. The van der Waals surface area contributed by atoms with Crippen LogP contribution in [0.4, 0.5) is 0 Å². The van der Waals surface area contributed by atoms with Gasteiger partial charge in [0, 0.05) is 0 Å². The first kappa shape index (κ1) is 13.2. The Morgan fingerprint density at radius 3 is 2.39 bits per heavy atom. The van der Waals surface area contributed by atoms with E-state index in [0.29, 0.717) is 0 Å². The van der Waals surface area contributed by atoms with Crippen molar-refractivity contribution in [3.05, 3.63) is 70.3 Å². The summed E-state index contributed by atoms with van der Waals surface area (Å²) < 4.78 is 0. The van der Waals surface area contributed by atoms with Gasteiger partial charge in [-0.25, -0.2) is 0 Å². The molecule has 0 fully saturated rings. The highest BCUT2D eigenvalue weighted by Gasteiger charge is 2.12. The van der Waals surface area contributed by atoms with Crippen molar-refractivity contribution < 1.29 is 0 Å². The maximum Gasteiger partial charge on any atom is 0.0628 e. The monoisotopic (exact) mass is 258 g/mol. The van der Waals surface area contributed by atoms with E-state index in [2.05, 4.69) is 63.2 Å². The van der Waals surface area contributed by atoms with Gasteiger partial charge in [0.1, 0.15) is 0 Å². The first-order valence-corrected chi connectivity index (χ1v) is 6.77. The molecule has 94 valence electrons. The fraction of sp³-hybridized carbons (Fsp3) is 0.294. The fourth-order valence-electron chi connectivity index (χ4n) is 2.26. The highest BCUT2D eigenvalue weighted by atomic mass is 35.5. The number of benzene rings is 2. The van der Waals surface area contributed by atoms with Crippen molar-refractivity contribution in [3.63, 3.8) is 0 Å². The van der Waals surface area contributed by atoms with Crippen LogP contribution in [0.3, 0.4) is 0 Å². The molecule has 0 nitrogen and oxygen atoms in total. The first-order chi connectivity index (χ1) is 8.58. The van der Waals surface area contributed by atoms with Gasteiger partial charge in [-0.3, -0.25) is 0 Å². The van der Waals surface area contributed by atoms with Crippen LogP contribution < -0.4 is 0 Å². The lowest BCUT2D eigenvalue weighted by Gasteiger charge is -2.14.